The highest BCUT2D eigenvalue weighted by atomic mass is 16.5. The summed E-state index contributed by atoms with van der Waals surface area (Å²) in [5.41, 5.74) is 8.18. The van der Waals surface area contributed by atoms with Crippen molar-refractivity contribution in [2.45, 2.75) is 18.9 Å². The minimum absolute atomic E-state index is 0.0417. The average molecular weight is 381 g/mol. The highest BCUT2D eigenvalue weighted by molar-refractivity contribution is 5.95. The summed E-state index contributed by atoms with van der Waals surface area (Å²) < 4.78 is 10.4. The van der Waals surface area contributed by atoms with Crippen LogP contribution in [0.1, 0.15) is 18.4 Å². The molecule has 0 spiro atoms. The van der Waals surface area contributed by atoms with Gasteiger partial charge in [0.05, 0.1) is 26.1 Å². The monoisotopic (exact) mass is 381 g/mol. The second-order valence-corrected chi connectivity index (χ2v) is 6.74. The molecule has 0 saturated carbocycles. The van der Waals surface area contributed by atoms with Gasteiger partial charge in [0.1, 0.15) is 11.6 Å². The highest BCUT2D eigenvalue weighted by Gasteiger charge is 2.33. The van der Waals surface area contributed by atoms with Crippen LogP contribution >= 0.6 is 0 Å². The Bertz CT molecular complexity index is 862. The van der Waals surface area contributed by atoms with E-state index in [9.17, 15) is 9.59 Å². The van der Waals surface area contributed by atoms with Gasteiger partial charge in [0.25, 0.3) is 0 Å². The molecule has 7 heteroatoms. The summed E-state index contributed by atoms with van der Waals surface area (Å²) in [6.45, 7) is 0.260. The molecule has 1 heterocycles. The number of methoxy groups -OCH3 is 1. The lowest BCUT2D eigenvalue weighted by Gasteiger charge is -2.11. The highest BCUT2D eigenvalue weighted by Crippen LogP contribution is 2.24. The number of nitrogen functional groups attached to an aromatic ring is 1. The fourth-order valence-electron chi connectivity index (χ4n) is 3.17. The number of nitrogens with two attached hydrogens (primary N) is 1. The Kier molecular flexibility index (Phi) is 5.93. The molecule has 0 bridgehead atoms. The van der Waals surface area contributed by atoms with Crippen LogP contribution < -0.4 is 15.8 Å². The van der Waals surface area contributed by atoms with Gasteiger partial charge in [0.15, 0.2) is 0 Å². The summed E-state index contributed by atoms with van der Waals surface area (Å²) >= 11 is 0. The number of benzene rings is 2. The number of carbonyl (C=O) groups is 2. The summed E-state index contributed by atoms with van der Waals surface area (Å²) in [7, 11) is 1.33. The van der Waals surface area contributed by atoms with Gasteiger partial charge < -0.3 is 20.5 Å². The van der Waals surface area contributed by atoms with Crippen LogP contribution in [-0.2, 0) is 14.3 Å². The largest absolute Gasteiger partial charge is 0.493 e. The van der Waals surface area contributed by atoms with E-state index in [0.717, 1.165) is 11.1 Å². The first-order valence-corrected chi connectivity index (χ1v) is 9.01. The third-order valence-corrected chi connectivity index (χ3v) is 4.76. The number of esters is 1. The summed E-state index contributed by atoms with van der Waals surface area (Å²) in [5.74, 6) is -0.00303. The molecule has 2 atom stereocenters. The fraction of sp³-hybridized carbons (Fsp3) is 0.286. The average Bonchev–Trinajstić information content (AvgIpc) is 3.05. The van der Waals surface area contributed by atoms with E-state index in [4.69, 9.17) is 15.9 Å². The number of carbonyl (C=O) groups excluding carboxylic acids is 2. The van der Waals surface area contributed by atoms with Gasteiger partial charge in [-0.05, 0) is 29.7 Å². The van der Waals surface area contributed by atoms with Crippen LogP contribution in [0.2, 0.25) is 0 Å². The molecule has 4 N–H and O–H groups in total. The molecule has 1 saturated heterocycles. The van der Waals surface area contributed by atoms with E-state index in [0.29, 0.717) is 17.7 Å². The maximum absolute atomic E-state index is 12.0. The van der Waals surface area contributed by atoms with Gasteiger partial charge in [0, 0.05) is 11.6 Å². The van der Waals surface area contributed by atoms with Crippen molar-refractivity contribution in [2.75, 3.05) is 13.7 Å². The van der Waals surface area contributed by atoms with E-state index >= 15 is 0 Å². The second-order valence-electron chi connectivity index (χ2n) is 6.74. The summed E-state index contributed by atoms with van der Waals surface area (Å²) in [5, 5.41) is 10.2. The maximum Gasteiger partial charge on any atom is 0.307 e. The zero-order valence-corrected chi connectivity index (χ0v) is 15.6. The summed E-state index contributed by atoms with van der Waals surface area (Å²) in [4.78, 5) is 23.4. The molecule has 146 valence electrons. The quantitative estimate of drug-likeness (QED) is 0.386. The first-order chi connectivity index (χ1) is 13.5. The van der Waals surface area contributed by atoms with E-state index in [2.05, 4.69) is 10.1 Å². The lowest BCUT2D eigenvalue weighted by molar-refractivity contribution is -0.141. The van der Waals surface area contributed by atoms with Crippen LogP contribution in [0.5, 0.6) is 5.75 Å². The van der Waals surface area contributed by atoms with E-state index < -0.39 is 0 Å². The standard InChI is InChI=1S/C21H23N3O4/c1-27-19(25)11-17-10-16(21(26)24-17)12-28-18-8-6-14(7-9-18)13-2-4-15(5-3-13)20(22)23/h2-9,16-17H,10-12H2,1H3,(H3,22,23)(H,24,26)/t16-,17-/m0/s1. The molecule has 28 heavy (non-hydrogen) atoms. The van der Waals surface area contributed by atoms with Gasteiger partial charge in [-0.25, -0.2) is 0 Å². The third kappa shape index (κ3) is 4.68. The molecular formula is C21H23N3O4. The van der Waals surface area contributed by atoms with Crippen molar-refractivity contribution >= 4 is 17.7 Å². The van der Waals surface area contributed by atoms with Crippen LogP contribution in [0.4, 0.5) is 0 Å². The Morgan fingerprint density at radius 1 is 1.14 bits per heavy atom. The molecule has 7 nitrogen and oxygen atoms in total. The Hall–Kier alpha value is -3.35. The Morgan fingerprint density at radius 3 is 2.32 bits per heavy atom. The third-order valence-electron chi connectivity index (χ3n) is 4.76. The Morgan fingerprint density at radius 2 is 1.75 bits per heavy atom. The van der Waals surface area contributed by atoms with E-state index in [1.165, 1.54) is 7.11 Å². The Labute approximate surface area is 163 Å². The molecule has 2 aromatic carbocycles. The molecule has 1 fully saturated rings. The van der Waals surface area contributed by atoms with Crippen LogP contribution in [0.25, 0.3) is 11.1 Å². The molecule has 2 aromatic rings. The normalized spacial score (nSPS) is 18.4. The number of nitrogens with one attached hydrogen (secondary N) is 2. The van der Waals surface area contributed by atoms with Crippen molar-refractivity contribution in [3.05, 3.63) is 54.1 Å². The number of hydrogen-bond donors (Lipinski definition) is 3. The maximum atomic E-state index is 12.0. The summed E-state index contributed by atoms with van der Waals surface area (Å²) in [6, 6.07) is 14.8. The van der Waals surface area contributed by atoms with Crippen LogP contribution in [0.15, 0.2) is 48.5 Å². The molecule has 0 aromatic heterocycles. The van der Waals surface area contributed by atoms with E-state index in [1.807, 2.05) is 48.5 Å². The predicted molar refractivity (Wildman–Crippen MR) is 105 cm³/mol. The number of amides is 1. The first-order valence-electron chi connectivity index (χ1n) is 9.01. The molecule has 0 unspecified atom stereocenters. The minimum atomic E-state index is -0.334. The molecule has 1 amide bonds. The van der Waals surface area contributed by atoms with Gasteiger partial charge >= 0.3 is 5.97 Å². The SMILES string of the molecule is COC(=O)C[C@@H]1C[C@@H](COc2ccc(-c3ccc(C(=N)N)cc3)cc2)C(=O)N1. The van der Waals surface area contributed by atoms with Gasteiger partial charge in [0.2, 0.25) is 5.91 Å². The molecular weight excluding hydrogens is 358 g/mol. The van der Waals surface area contributed by atoms with Gasteiger partial charge in [-0.2, -0.15) is 0 Å². The van der Waals surface area contributed by atoms with Gasteiger partial charge in [-0.1, -0.05) is 36.4 Å². The number of hydrogen-bond acceptors (Lipinski definition) is 5. The summed E-state index contributed by atoms with van der Waals surface area (Å²) in [6.07, 6.45) is 0.727. The van der Waals surface area contributed by atoms with Crippen LogP contribution in [-0.4, -0.2) is 37.5 Å². The van der Waals surface area contributed by atoms with E-state index in [1.54, 1.807) is 0 Å². The zero-order chi connectivity index (χ0) is 20.1. The van der Waals surface area contributed by atoms with Crippen molar-refractivity contribution < 1.29 is 19.1 Å². The molecule has 1 aliphatic heterocycles. The predicted octanol–water partition coefficient (Wildman–Crippen LogP) is 2.08. The van der Waals surface area contributed by atoms with Crippen molar-refractivity contribution in [2.24, 2.45) is 11.7 Å². The molecule has 1 aliphatic rings. The van der Waals surface area contributed by atoms with Crippen molar-refractivity contribution in [3.8, 4) is 16.9 Å². The Balaban J connectivity index is 1.55. The number of amidine groups is 1. The molecule has 0 aliphatic carbocycles. The zero-order valence-electron chi connectivity index (χ0n) is 15.6. The van der Waals surface area contributed by atoms with Crippen LogP contribution in [0, 0.1) is 11.3 Å². The van der Waals surface area contributed by atoms with Gasteiger partial charge in [-0.3, -0.25) is 15.0 Å². The first kappa shape index (κ1) is 19.4. The van der Waals surface area contributed by atoms with Crippen molar-refractivity contribution in [1.82, 2.24) is 5.32 Å². The lowest BCUT2D eigenvalue weighted by Crippen LogP contribution is -2.29. The van der Waals surface area contributed by atoms with Crippen molar-refractivity contribution in [3.63, 3.8) is 0 Å². The van der Waals surface area contributed by atoms with Crippen LogP contribution in [0.3, 0.4) is 0 Å². The molecule has 3 rings (SSSR count). The number of rotatable bonds is 7. The smallest absolute Gasteiger partial charge is 0.307 e. The van der Waals surface area contributed by atoms with Gasteiger partial charge in [-0.15, -0.1) is 0 Å². The van der Waals surface area contributed by atoms with E-state index in [-0.39, 0.29) is 42.7 Å². The second kappa shape index (κ2) is 8.56. The minimum Gasteiger partial charge on any atom is -0.493 e. The fourth-order valence-corrected chi connectivity index (χ4v) is 3.17. The topological polar surface area (TPSA) is 114 Å². The van der Waals surface area contributed by atoms with Crippen molar-refractivity contribution in [1.29, 1.82) is 5.41 Å². The molecule has 0 radical (unpaired) electrons. The number of ether oxygens (including phenoxy) is 2. The lowest BCUT2D eigenvalue weighted by atomic mass is 10.0.